The van der Waals surface area contributed by atoms with Gasteiger partial charge in [0.05, 0.1) is 18.7 Å². The number of hydrogen-bond donors (Lipinski definition) is 2. The monoisotopic (exact) mass is 354 g/mol. The number of amides is 1. The zero-order valence-corrected chi connectivity index (χ0v) is 15.6. The fourth-order valence-electron chi connectivity index (χ4n) is 2.45. The van der Waals surface area contributed by atoms with E-state index >= 15 is 0 Å². The highest BCUT2D eigenvalue weighted by Crippen LogP contribution is 2.16. The molecule has 0 fully saturated rings. The lowest BCUT2D eigenvalue weighted by Gasteiger charge is -2.11. The van der Waals surface area contributed by atoms with Crippen LogP contribution in [0, 0.1) is 13.8 Å². The van der Waals surface area contributed by atoms with Gasteiger partial charge in [-0.3, -0.25) is 4.79 Å². The number of benzene rings is 2. The van der Waals surface area contributed by atoms with E-state index in [1.807, 2.05) is 39.0 Å². The summed E-state index contributed by atoms with van der Waals surface area (Å²) in [6.07, 6.45) is 1.85. The molecule has 0 spiro atoms. The van der Waals surface area contributed by atoms with Crippen molar-refractivity contribution in [3.05, 3.63) is 59.2 Å². The van der Waals surface area contributed by atoms with E-state index in [9.17, 15) is 9.59 Å². The topological polar surface area (TPSA) is 67.4 Å². The summed E-state index contributed by atoms with van der Waals surface area (Å²) >= 11 is 0. The number of ether oxygens (including phenoxy) is 1. The second-order valence-corrected chi connectivity index (χ2v) is 6.29. The Bertz CT molecular complexity index is 754. The molecule has 2 aromatic rings. The lowest BCUT2D eigenvalue weighted by Crippen LogP contribution is -2.22. The van der Waals surface area contributed by atoms with E-state index in [0.29, 0.717) is 12.2 Å². The molecule has 0 radical (unpaired) electrons. The van der Waals surface area contributed by atoms with Gasteiger partial charge >= 0.3 is 5.97 Å². The molecule has 5 heteroatoms. The van der Waals surface area contributed by atoms with Crippen LogP contribution in [0.4, 0.5) is 11.4 Å². The minimum Gasteiger partial charge on any atom is -0.462 e. The minimum absolute atomic E-state index is 0.125. The molecule has 0 aliphatic rings. The predicted octanol–water partition coefficient (Wildman–Crippen LogP) is 4.31. The number of rotatable bonds is 8. The SMILES string of the molecule is CCCCOC(=O)c1ccc(NCC(=O)Nc2ccc(C)cc2C)cc1. The molecule has 2 N–H and O–H groups in total. The lowest BCUT2D eigenvalue weighted by molar-refractivity contribution is -0.114. The van der Waals surface area contributed by atoms with Crippen LogP contribution in [0.3, 0.4) is 0 Å². The van der Waals surface area contributed by atoms with Crippen LogP contribution in [0.25, 0.3) is 0 Å². The summed E-state index contributed by atoms with van der Waals surface area (Å²) in [5, 5.41) is 5.94. The molecule has 0 bridgehead atoms. The van der Waals surface area contributed by atoms with Crippen LogP contribution in [-0.2, 0) is 9.53 Å². The molecule has 26 heavy (non-hydrogen) atoms. The standard InChI is InChI=1S/C21H26N2O3/c1-4-5-12-26-21(25)17-7-9-18(10-8-17)22-14-20(24)23-19-11-6-15(2)13-16(19)3/h6-11,13,22H,4-5,12,14H2,1-3H3,(H,23,24). The molecule has 5 nitrogen and oxygen atoms in total. The van der Waals surface area contributed by atoms with Gasteiger partial charge in [0, 0.05) is 11.4 Å². The smallest absolute Gasteiger partial charge is 0.338 e. The summed E-state index contributed by atoms with van der Waals surface area (Å²) in [4.78, 5) is 23.9. The second kappa shape index (κ2) is 9.61. The lowest BCUT2D eigenvalue weighted by atomic mass is 10.1. The van der Waals surface area contributed by atoms with Crippen LogP contribution >= 0.6 is 0 Å². The summed E-state index contributed by atoms with van der Waals surface area (Å²) in [7, 11) is 0. The van der Waals surface area contributed by atoms with Crippen molar-refractivity contribution in [1.82, 2.24) is 0 Å². The molecule has 0 saturated heterocycles. The molecule has 138 valence electrons. The van der Waals surface area contributed by atoms with Crippen molar-refractivity contribution in [3.63, 3.8) is 0 Å². The van der Waals surface area contributed by atoms with Gasteiger partial charge in [-0.1, -0.05) is 31.0 Å². The van der Waals surface area contributed by atoms with E-state index in [0.717, 1.165) is 35.3 Å². The van der Waals surface area contributed by atoms with Crippen LogP contribution in [0.5, 0.6) is 0 Å². The molecule has 0 atom stereocenters. The van der Waals surface area contributed by atoms with Gasteiger partial charge in [0.1, 0.15) is 0 Å². The van der Waals surface area contributed by atoms with Crippen LogP contribution < -0.4 is 10.6 Å². The fraction of sp³-hybridized carbons (Fsp3) is 0.333. The molecule has 1 amide bonds. The first-order valence-electron chi connectivity index (χ1n) is 8.87. The Kier molecular flexibility index (Phi) is 7.21. The maximum Gasteiger partial charge on any atom is 0.338 e. The van der Waals surface area contributed by atoms with E-state index in [4.69, 9.17) is 4.74 Å². The molecule has 2 rings (SSSR count). The summed E-state index contributed by atoms with van der Waals surface area (Å²) in [6, 6.07) is 12.8. The van der Waals surface area contributed by atoms with Gasteiger partial charge in [-0.15, -0.1) is 0 Å². The quantitative estimate of drug-likeness (QED) is 0.547. The number of aryl methyl sites for hydroxylation is 2. The van der Waals surface area contributed by atoms with Gasteiger partial charge in [-0.2, -0.15) is 0 Å². The molecule has 2 aromatic carbocycles. The summed E-state index contributed by atoms with van der Waals surface area (Å²) in [5.41, 5.74) is 4.28. The van der Waals surface area contributed by atoms with Gasteiger partial charge in [0.2, 0.25) is 5.91 Å². The van der Waals surface area contributed by atoms with E-state index in [1.54, 1.807) is 24.3 Å². The summed E-state index contributed by atoms with van der Waals surface area (Å²) < 4.78 is 5.17. The highest BCUT2D eigenvalue weighted by molar-refractivity contribution is 5.94. The normalized spacial score (nSPS) is 10.3. The summed E-state index contributed by atoms with van der Waals surface area (Å²) in [6.45, 7) is 6.61. The Morgan fingerprint density at radius 3 is 2.42 bits per heavy atom. The van der Waals surface area contributed by atoms with Crippen molar-refractivity contribution in [1.29, 1.82) is 0 Å². The van der Waals surface area contributed by atoms with Crippen molar-refractivity contribution < 1.29 is 14.3 Å². The first-order chi connectivity index (χ1) is 12.5. The zero-order chi connectivity index (χ0) is 18.9. The second-order valence-electron chi connectivity index (χ2n) is 6.29. The average molecular weight is 354 g/mol. The van der Waals surface area contributed by atoms with Crippen LogP contribution in [0.2, 0.25) is 0 Å². The fourth-order valence-corrected chi connectivity index (χ4v) is 2.45. The highest BCUT2D eigenvalue weighted by Gasteiger charge is 2.08. The maximum absolute atomic E-state index is 12.1. The Balaban J connectivity index is 1.83. The Morgan fingerprint density at radius 2 is 1.77 bits per heavy atom. The van der Waals surface area contributed by atoms with Gasteiger partial charge in [0.15, 0.2) is 0 Å². The molecule has 0 saturated carbocycles. The third-order valence-electron chi connectivity index (χ3n) is 3.96. The molecule has 0 heterocycles. The zero-order valence-electron chi connectivity index (χ0n) is 15.6. The van der Waals surface area contributed by atoms with Crippen LogP contribution in [0.1, 0.15) is 41.3 Å². The number of carbonyl (C=O) groups excluding carboxylic acids is 2. The molecule has 0 aliphatic heterocycles. The van der Waals surface area contributed by atoms with E-state index < -0.39 is 0 Å². The average Bonchev–Trinajstić information content (AvgIpc) is 2.63. The Labute approximate surface area is 154 Å². The number of nitrogens with one attached hydrogen (secondary N) is 2. The van der Waals surface area contributed by atoms with Crippen molar-refractivity contribution >= 4 is 23.3 Å². The third kappa shape index (κ3) is 5.92. The Hall–Kier alpha value is -2.82. The van der Waals surface area contributed by atoms with Crippen LogP contribution in [0.15, 0.2) is 42.5 Å². The molecular formula is C21H26N2O3. The number of unbranched alkanes of at least 4 members (excludes halogenated alkanes) is 1. The first kappa shape index (κ1) is 19.5. The van der Waals surface area contributed by atoms with Gasteiger partial charge in [-0.25, -0.2) is 4.79 Å². The van der Waals surface area contributed by atoms with Gasteiger partial charge < -0.3 is 15.4 Å². The van der Waals surface area contributed by atoms with E-state index in [-0.39, 0.29) is 18.4 Å². The molecule has 0 aliphatic carbocycles. The molecule has 0 unspecified atom stereocenters. The highest BCUT2D eigenvalue weighted by atomic mass is 16.5. The van der Waals surface area contributed by atoms with Crippen molar-refractivity contribution in [3.8, 4) is 0 Å². The molecular weight excluding hydrogens is 328 g/mol. The summed E-state index contributed by atoms with van der Waals surface area (Å²) in [5.74, 6) is -0.447. The number of anilines is 2. The van der Waals surface area contributed by atoms with Gasteiger partial charge in [-0.05, 0) is 56.2 Å². The number of carbonyl (C=O) groups is 2. The number of hydrogen-bond acceptors (Lipinski definition) is 4. The third-order valence-corrected chi connectivity index (χ3v) is 3.96. The van der Waals surface area contributed by atoms with Crippen LogP contribution in [-0.4, -0.2) is 25.0 Å². The first-order valence-corrected chi connectivity index (χ1v) is 8.87. The minimum atomic E-state index is -0.322. The van der Waals surface area contributed by atoms with Crippen molar-refractivity contribution in [2.45, 2.75) is 33.6 Å². The van der Waals surface area contributed by atoms with Crippen molar-refractivity contribution in [2.75, 3.05) is 23.8 Å². The van der Waals surface area contributed by atoms with E-state index in [1.165, 1.54) is 0 Å². The Morgan fingerprint density at radius 1 is 1.04 bits per heavy atom. The predicted molar refractivity (Wildman–Crippen MR) is 105 cm³/mol. The largest absolute Gasteiger partial charge is 0.462 e. The maximum atomic E-state index is 12.1. The number of esters is 1. The van der Waals surface area contributed by atoms with Gasteiger partial charge in [0.25, 0.3) is 0 Å². The van der Waals surface area contributed by atoms with E-state index in [2.05, 4.69) is 10.6 Å². The van der Waals surface area contributed by atoms with Crippen molar-refractivity contribution in [2.24, 2.45) is 0 Å². The molecule has 0 aromatic heterocycles.